The van der Waals surface area contributed by atoms with Crippen LogP contribution < -0.4 is 0 Å². The van der Waals surface area contributed by atoms with E-state index in [1.54, 1.807) is 12.1 Å². The summed E-state index contributed by atoms with van der Waals surface area (Å²) < 4.78 is 37.4. The summed E-state index contributed by atoms with van der Waals surface area (Å²) in [6.45, 7) is 0. The molecule has 2 saturated heterocycles. The van der Waals surface area contributed by atoms with Gasteiger partial charge in [0.2, 0.25) is 0 Å². The van der Waals surface area contributed by atoms with Crippen molar-refractivity contribution >= 4 is 10.8 Å². The van der Waals surface area contributed by atoms with Crippen LogP contribution in [0.25, 0.3) is 0 Å². The fourth-order valence-electron chi connectivity index (χ4n) is 3.28. The summed E-state index contributed by atoms with van der Waals surface area (Å²) in [7, 11) is -0.861. The van der Waals surface area contributed by atoms with Crippen molar-refractivity contribution in [2.75, 3.05) is 0 Å². The van der Waals surface area contributed by atoms with Crippen LogP contribution in [0.4, 0.5) is 8.78 Å². The van der Waals surface area contributed by atoms with E-state index in [9.17, 15) is 18.1 Å². The Morgan fingerprint density at radius 3 is 2.47 bits per heavy atom. The van der Waals surface area contributed by atoms with E-state index in [0.717, 1.165) is 12.8 Å². The maximum absolute atomic E-state index is 12.7. The molecule has 1 aromatic rings. The van der Waals surface area contributed by atoms with E-state index in [4.69, 9.17) is 0 Å². The van der Waals surface area contributed by atoms with Gasteiger partial charge in [0.25, 0.3) is 6.43 Å². The number of aliphatic hydroxyl groups is 1. The van der Waals surface area contributed by atoms with Crippen molar-refractivity contribution in [3.63, 3.8) is 0 Å². The molecule has 0 spiro atoms. The van der Waals surface area contributed by atoms with Gasteiger partial charge in [-0.05, 0) is 37.3 Å². The van der Waals surface area contributed by atoms with E-state index < -0.39 is 22.8 Å². The van der Waals surface area contributed by atoms with Gasteiger partial charge < -0.3 is 5.11 Å². The molecule has 2 nitrogen and oxygen atoms in total. The molecule has 0 radical (unpaired) electrons. The Balaban J connectivity index is 1.93. The Bertz CT molecular complexity index is 502. The molecule has 2 unspecified atom stereocenters. The summed E-state index contributed by atoms with van der Waals surface area (Å²) >= 11 is 0. The summed E-state index contributed by atoms with van der Waals surface area (Å²) in [6, 6.07) is 6.01. The van der Waals surface area contributed by atoms with Gasteiger partial charge in [-0.1, -0.05) is 18.2 Å². The molecular weight excluding hydrogens is 270 g/mol. The minimum atomic E-state index is -2.53. The van der Waals surface area contributed by atoms with Gasteiger partial charge in [-0.3, -0.25) is 4.21 Å². The molecule has 0 aliphatic carbocycles. The molecule has 2 fully saturated rings. The maximum atomic E-state index is 12.7. The molecule has 2 atom stereocenters. The van der Waals surface area contributed by atoms with Crippen molar-refractivity contribution in [2.45, 2.75) is 48.2 Å². The molecule has 0 saturated carbocycles. The first-order valence-electron chi connectivity index (χ1n) is 6.50. The van der Waals surface area contributed by atoms with Crippen LogP contribution in [0.2, 0.25) is 0 Å². The molecule has 2 heterocycles. The van der Waals surface area contributed by atoms with Gasteiger partial charge in [-0.15, -0.1) is 0 Å². The predicted molar refractivity (Wildman–Crippen MR) is 69.5 cm³/mol. The standard InChI is InChI=1S/C14H16F2O2S/c15-13(16)9-2-1-3-10(6-9)14(17)7-11-4-5-12(8-14)19(11)18/h1-3,6,11-13,17H,4-5,7-8H2. The summed E-state index contributed by atoms with van der Waals surface area (Å²) in [5, 5.41) is 10.8. The number of benzene rings is 1. The van der Waals surface area contributed by atoms with E-state index in [1.165, 1.54) is 12.1 Å². The summed E-state index contributed by atoms with van der Waals surface area (Å²) in [6.07, 6.45) is 0.0476. The van der Waals surface area contributed by atoms with E-state index >= 15 is 0 Å². The monoisotopic (exact) mass is 286 g/mol. The molecular formula is C14H16F2O2S. The molecule has 2 aliphatic heterocycles. The third-order valence-corrected chi connectivity index (χ3v) is 6.39. The molecule has 2 aliphatic rings. The fraction of sp³-hybridized carbons (Fsp3) is 0.571. The van der Waals surface area contributed by atoms with Crippen LogP contribution >= 0.6 is 0 Å². The minimum Gasteiger partial charge on any atom is -0.385 e. The molecule has 1 N–H and O–H groups in total. The summed E-state index contributed by atoms with van der Waals surface area (Å²) in [4.78, 5) is 0. The van der Waals surface area contributed by atoms with E-state index in [-0.39, 0.29) is 16.1 Å². The first-order chi connectivity index (χ1) is 8.99. The number of halogens is 2. The molecule has 2 bridgehead atoms. The van der Waals surface area contributed by atoms with E-state index in [1.807, 2.05) is 0 Å². The summed E-state index contributed by atoms with van der Waals surface area (Å²) in [5.41, 5.74) is -0.617. The Morgan fingerprint density at radius 2 is 1.89 bits per heavy atom. The lowest BCUT2D eigenvalue weighted by Gasteiger charge is -2.36. The highest BCUT2D eigenvalue weighted by Crippen LogP contribution is 2.46. The second-order valence-electron chi connectivity index (χ2n) is 5.52. The largest absolute Gasteiger partial charge is 0.385 e. The molecule has 0 aromatic heterocycles. The predicted octanol–water partition coefficient (Wildman–Crippen LogP) is 2.89. The number of rotatable bonds is 2. The van der Waals surface area contributed by atoms with Gasteiger partial charge in [0, 0.05) is 26.9 Å². The van der Waals surface area contributed by atoms with Gasteiger partial charge in [0.1, 0.15) is 0 Å². The highest BCUT2D eigenvalue weighted by molar-refractivity contribution is 7.86. The third-order valence-electron chi connectivity index (χ3n) is 4.27. The number of hydrogen-bond donors (Lipinski definition) is 1. The molecule has 19 heavy (non-hydrogen) atoms. The first-order valence-corrected chi connectivity index (χ1v) is 7.77. The molecule has 3 rings (SSSR count). The maximum Gasteiger partial charge on any atom is 0.263 e. The molecule has 0 amide bonds. The first kappa shape index (κ1) is 13.2. The number of fused-ring (bicyclic) bond motifs is 2. The summed E-state index contributed by atoms with van der Waals surface area (Å²) in [5.74, 6) is 0. The van der Waals surface area contributed by atoms with E-state index in [2.05, 4.69) is 0 Å². The average molecular weight is 286 g/mol. The lowest BCUT2D eigenvalue weighted by Crippen LogP contribution is -2.40. The Morgan fingerprint density at radius 1 is 1.26 bits per heavy atom. The van der Waals surface area contributed by atoms with Crippen LogP contribution in [0.15, 0.2) is 24.3 Å². The van der Waals surface area contributed by atoms with Crippen LogP contribution in [0, 0.1) is 0 Å². The third kappa shape index (κ3) is 2.23. The van der Waals surface area contributed by atoms with Crippen LogP contribution in [-0.4, -0.2) is 19.8 Å². The van der Waals surface area contributed by atoms with Crippen molar-refractivity contribution in [1.82, 2.24) is 0 Å². The lowest BCUT2D eigenvalue weighted by molar-refractivity contribution is 0.0181. The van der Waals surface area contributed by atoms with Crippen molar-refractivity contribution in [3.8, 4) is 0 Å². The Kier molecular flexibility index (Phi) is 3.21. The highest BCUT2D eigenvalue weighted by Gasteiger charge is 2.48. The smallest absolute Gasteiger partial charge is 0.263 e. The minimum absolute atomic E-state index is 0.0129. The van der Waals surface area contributed by atoms with Gasteiger partial charge in [0.05, 0.1) is 5.60 Å². The Labute approximate surface area is 113 Å². The fourth-order valence-corrected chi connectivity index (χ4v) is 5.44. The second-order valence-corrected chi connectivity index (χ2v) is 7.51. The van der Waals surface area contributed by atoms with Gasteiger partial charge >= 0.3 is 0 Å². The van der Waals surface area contributed by atoms with Crippen molar-refractivity contribution in [3.05, 3.63) is 35.4 Å². The van der Waals surface area contributed by atoms with Gasteiger partial charge in [-0.2, -0.15) is 0 Å². The molecule has 1 aromatic carbocycles. The second kappa shape index (κ2) is 4.63. The SMILES string of the molecule is O=S1C2CCC1CC(O)(c1cccc(C(F)F)c1)C2. The van der Waals surface area contributed by atoms with Crippen LogP contribution in [-0.2, 0) is 16.4 Å². The zero-order valence-electron chi connectivity index (χ0n) is 10.4. The zero-order valence-corrected chi connectivity index (χ0v) is 11.2. The number of alkyl halides is 2. The van der Waals surface area contributed by atoms with Crippen molar-refractivity contribution in [1.29, 1.82) is 0 Å². The topological polar surface area (TPSA) is 37.3 Å². The lowest BCUT2D eigenvalue weighted by atomic mass is 9.85. The zero-order chi connectivity index (χ0) is 13.6. The van der Waals surface area contributed by atoms with Crippen LogP contribution in [0.3, 0.4) is 0 Å². The molecule has 5 heteroatoms. The van der Waals surface area contributed by atoms with E-state index in [0.29, 0.717) is 18.4 Å². The van der Waals surface area contributed by atoms with Crippen LogP contribution in [0.5, 0.6) is 0 Å². The normalized spacial score (nSPS) is 37.8. The van der Waals surface area contributed by atoms with Gasteiger partial charge in [0.15, 0.2) is 0 Å². The van der Waals surface area contributed by atoms with Crippen LogP contribution in [0.1, 0.15) is 43.2 Å². The quantitative estimate of drug-likeness (QED) is 0.907. The van der Waals surface area contributed by atoms with Crippen molar-refractivity contribution in [2.24, 2.45) is 0 Å². The van der Waals surface area contributed by atoms with Crippen molar-refractivity contribution < 1.29 is 18.1 Å². The Hall–Kier alpha value is -0.810. The highest BCUT2D eigenvalue weighted by atomic mass is 32.2. The van der Waals surface area contributed by atoms with Gasteiger partial charge in [-0.25, -0.2) is 8.78 Å². The number of hydrogen-bond acceptors (Lipinski definition) is 2. The molecule has 104 valence electrons. The average Bonchev–Trinajstić information content (AvgIpc) is 2.63.